The van der Waals surface area contributed by atoms with Crippen molar-refractivity contribution in [2.45, 2.75) is 18.4 Å². The number of hydrogen-bond acceptors (Lipinski definition) is 4. The van der Waals surface area contributed by atoms with E-state index >= 15 is 0 Å². The third-order valence-electron chi connectivity index (χ3n) is 2.57. The Morgan fingerprint density at radius 1 is 1.43 bits per heavy atom. The number of ether oxygens (including phenoxy) is 1. The minimum atomic E-state index is -0.217. The van der Waals surface area contributed by atoms with Crippen molar-refractivity contribution >= 4 is 0 Å². The molecule has 1 aliphatic carbocycles. The number of hydrogen-bond donors (Lipinski definition) is 3. The van der Waals surface area contributed by atoms with Crippen molar-refractivity contribution in [3.63, 3.8) is 0 Å². The highest BCUT2D eigenvalue weighted by atomic mass is 16.5. The average Bonchev–Trinajstić information content (AvgIpc) is 2.87. The molecule has 4 heteroatoms. The fraction of sp³-hybridized carbons (Fsp3) is 0.400. The molecule has 0 radical (unpaired) electrons. The van der Waals surface area contributed by atoms with Crippen molar-refractivity contribution in [1.82, 2.24) is 0 Å². The topological polar surface area (TPSA) is 75.7 Å². The zero-order chi connectivity index (χ0) is 10.3. The fourth-order valence-corrected chi connectivity index (χ4v) is 1.58. The maximum Gasteiger partial charge on any atom is 0.200 e. The number of benzene rings is 1. The number of methoxy groups -OCH3 is 1. The summed E-state index contributed by atoms with van der Waals surface area (Å²) in [6.45, 7) is 0. The summed E-state index contributed by atoms with van der Waals surface area (Å²) in [6.07, 6.45) is 0.924. The summed E-state index contributed by atoms with van der Waals surface area (Å²) >= 11 is 0. The molecule has 0 heterocycles. The number of phenolic OH excluding ortho intramolecular Hbond substituents is 2. The molecule has 0 aromatic heterocycles. The van der Waals surface area contributed by atoms with Crippen LogP contribution in [0.1, 0.15) is 17.9 Å². The fourth-order valence-electron chi connectivity index (χ4n) is 1.58. The molecule has 4 N–H and O–H groups in total. The van der Waals surface area contributed by atoms with Crippen molar-refractivity contribution in [1.29, 1.82) is 0 Å². The number of phenols is 2. The Labute approximate surface area is 81.9 Å². The summed E-state index contributed by atoms with van der Waals surface area (Å²) in [6, 6.07) is 3.42. The summed E-state index contributed by atoms with van der Waals surface area (Å²) in [5.41, 5.74) is 6.61. The molecule has 0 saturated heterocycles. The van der Waals surface area contributed by atoms with E-state index in [-0.39, 0.29) is 23.5 Å². The van der Waals surface area contributed by atoms with Gasteiger partial charge in [0, 0.05) is 12.0 Å². The van der Waals surface area contributed by atoms with Crippen LogP contribution in [0.3, 0.4) is 0 Å². The van der Waals surface area contributed by atoms with E-state index in [1.165, 1.54) is 13.2 Å². The Balaban J connectivity index is 2.38. The molecule has 76 valence electrons. The van der Waals surface area contributed by atoms with Crippen molar-refractivity contribution in [3.05, 3.63) is 17.7 Å². The van der Waals surface area contributed by atoms with Gasteiger partial charge in [-0.2, -0.15) is 0 Å². The molecule has 0 aliphatic heterocycles. The first kappa shape index (κ1) is 9.15. The zero-order valence-electron chi connectivity index (χ0n) is 7.90. The van der Waals surface area contributed by atoms with E-state index in [0.29, 0.717) is 5.75 Å². The van der Waals surface area contributed by atoms with Crippen LogP contribution in [0.4, 0.5) is 0 Å². The molecular formula is C10H13NO3. The third kappa shape index (κ3) is 1.37. The van der Waals surface area contributed by atoms with Gasteiger partial charge in [0.2, 0.25) is 5.75 Å². The lowest BCUT2D eigenvalue weighted by atomic mass is 10.1. The van der Waals surface area contributed by atoms with Crippen LogP contribution in [-0.2, 0) is 0 Å². The highest BCUT2D eigenvalue weighted by molar-refractivity contribution is 5.53. The van der Waals surface area contributed by atoms with E-state index in [4.69, 9.17) is 10.5 Å². The first-order chi connectivity index (χ1) is 6.63. The lowest BCUT2D eigenvalue weighted by Crippen LogP contribution is -2.01. The number of rotatable bonds is 2. The first-order valence-electron chi connectivity index (χ1n) is 4.49. The monoisotopic (exact) mass is 195 g/mol. The molecular weight excluding hydrogens is 182 g/mol. The van der Waals surface area contributed by atoms with Crippen LogP contribution in [0, 0.1) is 0 Å². The summed E-state index contributed by atoms with van der Waals surface area (Å²) < 4.78 is 4.93. The van der Waals surface area contributed by atoms with Gasteiger partial charge < -0.3 is 20.7 Å². The summed E-state index contributed by atoms with van der Waals surface area (Å²) in [5.74, 6) is 0.207. The van der Waals surface area contributed by atoms with Gasteiger partial charge in [0.1, 0.15) is 0 Å². The summed E-state index contributed by atoms with van der Waals surface area (Å²) in [5, 5.41) is 18.8. The third-order valence-corrected chi connectivity index (χ3v) is 2.57. The van der Waals surface area contributed by atoms with Crippen molar-refractivity contribution in [2.24, 2.45) is 5.73 Å². The summed E-state index contributed by atoms with van der Waals surface area (Å²) in [4.78, 5) is 0. The molecule has 0 unspecified atom stereocenters. The maximum absolute atomic E-state index is 9.40. The van der Waals surface area contributed by atoms with Gasteiger partial charge in [-0.05, 0) is 24.1 Å². The normalized spacial score (nSPS) is 24.7. The van der Waals surface area contributed by atoms with Gasteiger partial charge in [-0.1, -0.05) is 0 Å². The highest BCUT2D eigenvalue weighted by Gasteiger charge is 2.35. The van der Waals surface area contributed by atoms with Crippen LogP contribution in [0.25, 0.3) is 0 Å². The highest BCUT2D eigenvalue weighted by Crippen LogP contribution is 2.45. The van der Waals surface area contributed by atoms with Gasteiger partial charge in [0.15, 0.2) is 11.5 Å². The summed E-state index contributed by atoms with van der Waals surface area (Å²) in [7, 11) is 1.45. The molecule has 1 fully saturated rings. The average molecular weight is 195 g/mol. The second-order valence-corrected chi connectivity index (χ2v) is 3.60. The largest absolute Gasteiger partial charge is 0.504 e. The molecule has 1 aliphatic rings. The molecule has 4 nitrogen and oxygen atoms in total. The maximum atomic E-state index is 9.40. The first-order valence-corrected chi connectivity index (χ1v) is 4.49. The van der Waals surface area contributed by atoms with E-state index < -0.39 is 0 Å². The standard InChI is InChI=1S/C10H13NO3/c1-14-9-3-5(6-4-7(6)11)2-8(12)10(9)13/h2-3,6-7,12-13H,4,11H2,1H3/t6-,7+/m0/s1. The quantitative estimate of drug-likeness (QED) is 0.613. The minimum absolute atomic E-state index is 0.154. The molecule has 1 aromatic rings. The lowest BCUT2D eigenvalue weighted by Gasteiger charge is -2.07. The van der Waals surface area contributed by atoms with E-state index in [2.05, 4.69) is 0 Å². The van der Waals surface area contributed by atoms with Crippen molar-refractivity contribution in [2.75, 3.05) is 7.11 Å². The molecule has 1 saturated carbocycles. The van der Waals surface area contributed by atoms with Crippen LogP contribution in [0.5, 0.6) is 17.2 Å². The van der Waals surface area contributed by atoms with Gasteiger partial charge in [-0.15, -0.1) is 0 Å². The van der Waals surface area contributed by atoms with E-state index in [9.17, 15) is 10.2 Å². The van der Waals surface area contributed by atoms with Crippen molar-refractivity contribution in [3.8, 4) is 17.2 Å². The Bertz CT molecular complexity index is 365. The molecule has 2 rings (SSSR count). The van der Waals surface area contributed by atoms with E-state index in [1.54, 1.807) is 6.07 Å². The zero-order valence-corrected chi connectivity index (χ0v) is 7.90. The van der Waals surface area contributed by atoms with Crippen LogP contribution in [0.2, 0.25) is 0 Å². The lowest BCUT2D eigenvalue weighted by molar-refractivity contribution is 0.350. The molecule has 1 aromatic carbocycles. The Hall–Kier alpha value is -1.42. The van der Waals surface area contributed by atoms with Gasteiger partial charge in [0.25, 0.3) is 0 Å². The Morgan fingerprint density at radius 3 is 2.57 bits per heavy atom. The van der Waals surface area contributed by atoms with Crippen LogP contribution >= 0.6 is 0 Å². The van der Waals surface area contributed by atoms with Gasteiger partial charge in [-0.3, -0.25) is 0 Å². The predicted molar refractivity (Wildman–Crippen MR) is 51.7 cm³/mol. The number of nitrogens with two attached hydrogens (primary N) is 1. The smallest absolute Gasteiger partial charge is 0.200 e. The second-order valence-electron chi connectivity index (χ2n) is 3.60. The van der Waals surface area contributed by atoms with Crippen molar-refractivity contribution < 1.29 is 14.9 Å². The molecule has 0 spiro atoms. The van der Waals surface area contributed by atoms with Gasteiger partial charge in [-0.25, -0.2) is 0 Å². The Morgan fingerprint density at radius 2 is 2.07 bits per heavy atom. The van der Waals surface area contributed by atoms with Gasteiger partial charge in [0.05, 0.1) is 7.11 Å². The molecule has 0 bridgehead atoms. The van der Waals surface area contributed by atoms with Crippen LogP contribution in [0.15, 0.2) is 12.1 Å². The van der Waals surface area contributed by atoms with Crippen LogP contribution in [-0.4, -0.2) is 23.4 Å². The Kier molecular flexibility index (Phi) is 2.00. The van der Waals surface area contributed by atoms with E-state index in [1.807, 2.05) is 0 Å². The van der Waals surface area contributed by atoms with E-state index in [0.717, 1.165) is 12.0 Å². The molecule has 2 atom stereocenters. The SMILES string of the molecule is COc1cc([C@@H]2C[C@H]2N)cc(O)c1O. The van der Waals surface area contributed by atoms with Gasteiger partial charge >= 0.3 is 0 Å². The molecule has 14 heavy (non-hydrogen) atoms. The minimum Gasteiger partial charge on any atom is -0.504 e. The number of aromatic hydroxyl groups is 2. The second kappa shape index (κ2) is 3.06. The molecule has 0 amide bonds. The van der Waals surface area contributed by atoms with Crippen LogP contribution < -0.4 is 10.5 Å². The predicted octanol–water partition coefficient (Wildman–Crippen LogP) is 0.921.